The van der Waals surface area contributed by atoms with E-state index in [1.807, 2.05) is 32.3 Å². The summed E-state index contributed by atoms with van der Waals surface area (Å²) in [4.78, 5) is 11.3. The molecule has 1 aromatic heterocycles. The molecule has 1 unspecified atom stereocenters. The Balaban J connectivity index is 2.54. The number of rotatable bonds is 6. The molecule has 0 aromatic carbocycles. The van der Waals surface area contributed by atoms with E-state index in [9.17, 15) is 9.90 Å². The highest BCUT2D eigenvalue weighted by Gasteiger charge is 2.08. The van der Waals surface area contributed by atoms with Crippen molar-refractivity contribution < 1.29 is 9.90 Å². The van der Waals surface area contributed by atoms with Gasteiger partial charge in [-0.25, -0.2) is 0 Å². The van der Waals surface area contributed by atoms with Gasteiger partial charge in [0, 0.05) is 18.9 Å². The summed E-state index contributed by atoms with van der Waals surface area (Å²) in [5, 5.41) is 12.5. The van der Waals surface area contributed by atoms with E-state index in [1.54, 1.807) is 4.57 Å². The van der Waals surface area contributed by atoms with Gasteiger partial charge in [0.15, 0.2) is 0 Å². The van der Waals surface area contributed by atoms with Crippen LogP contribution in [-0.4, -0.2) is 22.1 Å². The number of aromatic nitrogens is 1. The monoisotopic (exact) mass is 224 g/mol. The lowest BCUT2D eigenvalue weighted by atomic mass is 10.1. The molecule has 4 nitrogen and oxygen atoms in total. The van der Waals surface area contributed by atoms with E-state index in [-0.39, 0.29) is 5.91 Å². The van der Waals surface area contributed by atoms with Crippen molar-refractivity contribution in [3.63, 3.8) is 0 Å². The topological polar surface area (TPSA) is 54.3 Å². The van der Waals surface area contributed by atoms with Gasteiger partial charge in [-0.15, -0.1) is 0 Å². The van der Waals surface area contributed by atoms with Crippen LogP contribution in [0.4, 0.5) is 0 Å². The molecule has 0 radical (unpaired) electrons. The molecule has 1 rings (SSSR count). The zero-order chi connectivity index (χ0) is 12.0. The second-order valence-corrected chi connectivity index (χ2v) is 3.88. The molecule has 0 spiro atoms. The van der Waals surface area contributed by atoms with Gasteiger partial charge in [-0.2, -0.15) is 0 Å². The van der Waals surface area contributed by atoms with Gasteiger partial charge >= 0.3 is 0 Å². The molecule has 1 aromatic rings. The van der Waals surface area contributed by atoms with Crippen molar-refractivity contribution in [3.05, 3.63) is 24.0 Å². The van der Waals surface area contributed by atoms with Gasteiger partial charge in [0.05, 0.1) is 6.10 Å². The molecule has 0 fully saturated rings. The third kappa shape index (κ3) is 3.70. The Hall–Kier alpha value is -1.29. The fraction of sp³-hybridized carbons (Fsp3) is 0.583. The van der Waals surface area contributed by atoms with Crippen molar-refractivity contribution in [3.8, 4) is 0 Å². The molecule has 0 saturated carbocycles. The van der Waals surface area contributed by atoms with Crippen molar-refractivity contribution >= 4 is 5.91 Å². The first-order valence-corrected chi connectivity index (χ1v) is 5.77. The lowest BCUT2D eigenvalue weighted by Gasteiger charge is -2.06. The fourth-order valence-electron chi connectivity index (χ4n) is 1.61. The van der Waals surface area contributed by atoms with Crippen LogP contribution in [0.25, 0.3) is 0 Å². The Morgan fingerprint density at radius 2 is 2.31 bits per heavy atom. The van der Waals surface area contributed by atoms with Crippen molar-refractivity contribution in [2.24, 2.45) is 0 Å². The van der Waals surface area contributed by atoms with E-state index in [0.717, 1.165) is 18.4 Å². The van der Waals surface area contributed by atoms with E-state index < -0.39 is 6.10 Å². The highest BCUT2D eigenvalue weighted by Crippen LogP contribution is 2.18. The summed E-state index contributed by atoms with van der Waals surface area (Å²) >= 11 is 0. The molecule has 0 aliphatic rings. The van der Waals surface area contributed by atoms with Crippen LogP contribution in [0, 0.1) is 0 Å². The smallest absolute Gasteiger partial charge is 0.239 e. The Labute approximate surface area is 96.3 Å². The van der Waals surface area contributed by atoms with Crippen molar-refractivity contribution in [1.82, 2.24) is 9.88 Å². The van der Waals surface area contributed by atoms with E-state index in [2.05, 4.69) is 5.32 Å². The van der Waals surface area contributed by atoms with Gasteiger partial charge in [-0.3, -0.25) is 4.79 Å². The zero-order valence-corrected chi connectivity index (χ0v) is 9.94. The number of nitrogens with zero attached hydrogens (tertiary/aromatic N) is 1. The van der Waals surface area contributed by atoms with Crippen molar-refractivity contribution in [2.45, 2.75) is 39.3 Å². The summed E-state index contributed by atoms with van der Waals surface area (Å²) in [7, 11) is 0. The number of hydrogen-bond acceptors (Lipinski definition) is 2. The van der Waals surface area contributed by atoms with Crippen LogP contribution in [0.1, 0.15) is 38.4 Å². The molecule has 0 saturated heterocycles. The number of hydrogen-bond donors (Lipinski definition) is 2. The quantitative estimate of drug-likeness (QED) is 0.768. The molecule has 4 heteroatoms. The summed E-state index contributed by atoms with van der Waals surface area (Å²) in [6.45, 7) is 4.89. The predicted octanol–water partition coefficient (Wildman–Crippen LogP) is 1.46. The number of likely N-dealkylation sites (N-methyl/N-ethyl adjacent to an activating group) is 1. The standard InChI is InChI=1S/C12H20N2O2/c1-3-5-11(15)10-6-7-14(8-10)9-12(16)13-4-2/h6-8,11,15H,3-5,9H2,1-2H3,(H,13,16). The maximum absolute atomic E-state index is 11.3. The second kappa shape index (κ2) is 6.33. The second-order valence-electron chi connectivity index (χ2n) is 3.88. The molecule has 1 heterocycles. The summed E-state index contributed by atoms with van der Waals surface area (Å²) in [6, 6.07) is 1.86. The first-order chi connectivity index (χ1) is 7.67. The van der Waals surface area contributed by atoms with Crippen LogP contribution in [0.2, 0.25) is 0 Å². The Morgan fingerprint density at radius 3 is 2.94 bits per heavy atom. The molecule has 1 amide bonds. The largest absolute Gasteiger partial charge is 0.388 e. The van der Waals surface area contributed by atoms with Crippen LogP contribution in [0.5, 0.6) is 0 Å². The maximum Gasteiger partial charge on any atom is 0.239 e. The van der Waals surface area contributed by atoms with E-state index in [0.29, 0.717) is 13.1 Å². The summed E-state index contributed by atoms with van der Waals surface area (Å²) < 4.78 is 1.79. The Morgan fingerprint density at radius 1 is 1.56 bits per heavy atom. The van der Waals surface area contributed by atoms with Crippen molar-refractivity contribution in [1.29, 1.82) is 0 Å². The molecule has 0 aliphatic heterocycles. The average molecular weight is 224 g/mol. The number of nitrogens with one attached hydrogen (secondary N) is 1. The first kappa shape index (κ1) is 12.8. The van der Waals surface area contributed by atoms with Crippen LogP contribution in [-0.2, 0) is 11.3 Å². The average Bonchev–Trinajstić information content (AvgIpc) is 2.67. The fourth-order valence-corrected chi connectivity index (χ4v) is 1.61. The SMILES string of the molecule is CCCC(O)c1ccn(CC(=O)NCC)c1. The van der Waals surface area contributed by atoms with Gasteiger partial charge in [-0.1, -0.05) is 13.3 Å². The van der Waals surface area contributed by atoms with E-state index in [4.69, 9.17) is 0 Å². The molecular weight excluding hydrogens is 204 g/mol. The number of carbonyl (C=O) groups is 1. The van der Waals surface area contributed by atoms with Gasteiger partial charge in [-0.05, 0) is 25.0 Å². The van der Waals surface area contributed by atoms with E-state index >= 15 is 0 Å². The minimum Gasteiger partial charge on any atom is -0.388 e. The molecule has 0 aliphatic carbocycles. The highest BCUT2D eigenvalue weighted by atomic mass is 16.3. The van der Waals surface area contributed by atoms with Crippen molar-refractivity contribution in [2.75, 3.05) is 6.54 Å². The molecule has 90 valence electrons. The highest BCUT2D eigenvalue weighted by molar-refractivity contribution is 5.75. The lowest BCUT2D eigenvalue weighted by Crippen LogP contribution is -2.26. The summed E-state index contributed by atoms with van der Waals surface area (Å²) in [6.07, 6.45) is 4.94. The van der Waals surface area contributed by atoms with Gasteiger partial charge < -0.3 is 15.0 Å². The molecular formula is C12H20N2O2. The third-order valence-corrected chi connectivity index (χ3v) is 2.42. The van der Waals surface area contributed by atoms with E-state index in [1.165, 1.54) is 0 Å². The normalized spacial score (nSPS) is 12.4. The zero-order valence-electron chi connectivity index (χ0n) is 9.94. The summed E-state index contributed by atoms with van der Waals surface area (Å²) in [5.74, 6) is -0.00497. The van der Waals surface area contributed by atoms with Crippen LogP contribution in [0.15, 0.2) is 18.5 Å². The molecule has 0 bridgehead atoms. The maximum atomic E-state index is 11.3. The molecule has 2 N–H and O–H groups in total. The summed E-state index contributed by atoms with van der Waals surface area (Å²) in [5.41, 5.74) is 0.881. The van der Waals surface area contributed by atoms with Crippen LogP contribution in [0.3, 0.4) is 0 Å². The predicted molar refractivity (Wildman–Crippen MR) is 63.0 cm³/mol. The van der Waals surface area contributed by atoms with Gasteiger partial charge in [0.25, 0.3) is 0 Å². The van der Waals surface area contributed by atoms with Gasteiger partial charge in [0.2, 0.25) is 5.91 Å². The lowest BCUT2D eigenvalue weighted by molar-refractivity contribution is -0.121. The Kier molecular flexibility index (Phi) is 5.05. The number of amides is 1. The van der Waals surface area contributed by atoms with Crippen LogP contribution >= 0.6 is 0 Å². The molecule has 16 heavy (non-hydrogen) atoms. The first-order valence-electron chi connectivity index (χ1n) is 5.77. The number of aliphatic hydroxyl groups is 1. The minimum absolute atomic E-state index is 0.00497. The minimum atomic E-state index is -0.416. The third-order valence-electron chi connectivity index (χ3n) is 2.42. The number of aliphatic hydroxyl groups excluding tert-OH is 1. The van der Waals surface area contributed by atoms with Crippen LogP contribution < -0.4 is 5.32 Å². The number of carbonyl (C=O) groups excluding carboxylic acids is 1. The molecule has 1 atom stereocenters. The van der Waals surface area contributed by atoms with Gasteiger partial charge in [0.1, 0.15) is 6.54 Å². The Bertz CT molecular complexity index is 334.